The van der Waals surface area contributed by atoms with Crippen molar-refractivity contribution in [3.8, 4) is 0 Å². The van der Waals surface area contributed by atoms with Gasteiger partial charge in [-0.25, -0.2) is 5.43 Å². The van der Waals surface area contributed by atoms with Crippen LogP contribution in [0.15, 0.2) is 48.5 Å². The normalized spacial score (nSPS) is 13.6. The van der Waals surface area contributed by atoms with Gasteiger partial charge in [-0.3, -0.25) is 5.01 Å². The summed E-state index contributed by atoms with van der Waals surface area (Å²) in [6.07, 6.45) is 3.34. The van der Waals surface area contributed by atoms with Crippen molar-refractivity contribution in [1.29, 1.82) is 0 Å². The molecule has 1 N–H and O–H groups in total. The van der Waals surface area contributed by atoms with E-state index in [-0.39, 0.29) is 0 Å². The molecule has 0 spiro atoms. The molecule has 1 aliphatic rings. The molecule has 0 saturated carbocycles. The van der Waals surface area contributed by atoms with E-state index in [1.165, 1.54) is 22.5 Å². The number of hydrogen-bond donors (Lipinski definition) is 1. The van der Waals surface area contributed by atoms with Gasteiger partial charge in [-0.05, 0) is 42.5 Å². The quantitative estimate of drug-likeness (QED) is 0.893. The largest absolute Gasteiger partial charge is 0.276 e. The molecule has 1 aliphatic heterocycles. The highest BCUT2D eigenvalue weighted by atomic mass is 15.5. The second-order valence-corrected chi connectivity index (χ2v) is 5.00. The summed E-state index contributed by atoms with van der Waals surface area (Å²) >= 11 is 0. The number of fused-ring (bicyclic) bond motifs is 2. The summed E-state index contributed by atoms with van der Waals surface area (Å²) in [5.74, 6) is 0. The molecule has 3 rings (SSSR count). The Morgan fingerprint density at radius 3 is 1.95 bits per heavy atom. The molecule has 19 heavy (non-hydrogen) atoms. The van der Waals surface area contributed by atoms with Gasteiger partial charge in [-0.1, -0.05) is 43.3 Å². The van der Waals surface area contributed by atoms with Crippen LogP contribution in [0.4, 0.5) is 11.4 Å². The van der Waals surface area contributed by atoms with Gasteiger partial charge in [0.1, 0.15) is 0 Å². The first-order valence-electron chi connectivity index (χ1n) is 7.09. The molecule has 0 atom stereocenters. The molecule has 98 valence electrons. The van der Waals surface area contributed by atoms with Gasteiger partial charge < -0.3 is 0 Å². The fourth-order valence-electron chi connectivity index (χ4n) is 2.67. The number of benzene rings is 2. The predicted octanol–water partition coefficient (Wildman–Crippen LogP) is 3.84. The van der Waals surface area contributed by atoms with Gasteiger partial charge >= 0.3 is 0 Å². The molecular weight excluding hydrogens is 232 g/mol. The highest BCUT2D eigenvalue weighted by molar-refractivity contribution is 5.69. The lowest BCUT2D eigenvalue weighted by molar-refractivity contribution is 0.686. The third-order valence-corrected chi connectivity index (χ3v) is 3.65. The Morgan fingerprint density at radius 2 is 1.42 bits per heavy atom. The lowest BCUT2D eigenvalue weighted by Crippen LogP contribution is -2.35. The van der Waals surface area contributed by atoms with Crippen LogP contribution in [-0.2, 0) is 12.8 Å². The molecule has 2 aromatic carbocycles. The van der Waals surface area contributed by atoms with Gasteiger partial charge in [0.2, 0.25) is 0 Å². The first kappa shape index (κ1) is 12.2. The van der Waals surface area contributed by atoms with Crippen molar-refractivity contribution in [1.82, 2.24) is 5.43 Å². The van der Waals surface area contributed by atoms with Crippen molar-refractivity contribution < 1.29 is 0 Å². The smallest absolute Gasteiger partial charge is 0.0609 e. The predicted molar refractivity (Wildman–Crippen MR) is 80.7 cm³/mol. The van der Waals surface area contributed by atoms with Crippen LogP contribution in [-0.4, -0.2) is 6.54 Å². The molecule has 0 saturated heterocycles. The van der Waals surface area contributed by atoms with Gasteiger partial charge in [0.25, 0.3) is 0 Å². The van der Waals surface area contributed by atoms with Crippen LogP contribution >= 0.6 is 0 Å². The molecule has 2 aromatic rings. The number of anilines is 2. The zero-order valence-corrected chi connectivity index (χ0v) is 11.4. The number of aryl methyl sites for hydroxylation is 2. The third-order valence-electron chi connectivity index (χ3n) is 3.65. The number of nitrogens with zero attached hydrogens (tertiary/aromatic N) is 1. The number of nitrogens with one attached hydrogen (secondary N) is 1. The molecule has 0 unspecified atom stereocenters. The van der Waals surface area contributed by atoms with Crippen LogP contribution in [0, 0.1) is 0 Å². The van der Waals surface area contributed by atoms with Crippen LogP contribution in [0.2, 0.25) is 0 Å². The van der Waals surface area contributed by atoms with Crippen LogP contribution in [0.1, 0.15) is 24.5 Å². The van der Waals surface area contributed by atoms with E-state index in [0.717, 1.165) is 25.8 Å². The third kappa shape index (κ3) is 2.36. The van der Waals surface area contributed by atoms with Crippen LogP contribution in [0.5, 0.6) is 0 Å². The SMILES string of the molecule is CCCNN1c2ccccc2CCc2ccccc21. The highest BCUT2D eigenvalue weighted by Gasteiger charge is 2.19. The van der Waals surface area contributed by atoms with Crippen molar-refractivity contribution in [2.75, 3.05) is 11.6 Å². The molecule has 2 heteroatoms. The van der Waals surface area contributed by atoms with E-state index in [4.69, 9.17) is 0 Å². The molecule has 2 nitrogen and oxygen atoms in total. The highest BCUT2D eigenvalue weighted by Crippen LogP contribution is 2.34. The summed E-state index contributed by atoms with van der Waals surface area (Å²) < 4.78 is 0. The van der Waals surface area contributed by atoms with Crippen molar-refractivity contribution in [2.45, 2.75) is 26.2 Å². The number of rotatable bonds is 3. The van der Waals surface area contributed by atoms with Crippen LogP contribution < -0.4 is 10.4 Å². The lowest BCUT2D eigenvalue weighted by atomic mass is 10.0. The number of para-hydroxylation sites is 2. The Hall–Kier alpha value is -1.80. The van der Waals surface area contributed by atoms with E-state index in [1.54, 1.807) is 0 Å². The zero-order chi connectivity index (χ0) is 13.1. The summed E-state index contributed by atoms with van der Waals surface area (Å²) in [5, 5.41) is 2.27. The summed E-state index contributed by atoms with van der Waals surface area (Å²) in [6, 6.07) is 17.4. The molecule has 0 aromatic heterocycles. The Kier molecular flexibility index (Phi) is 3.51. The van der Waals surface area contributed by atoms with Crippen LogP contribution in [0.25, 0.3) is 0 Å². The fraction of sp³-hybridized carbons (Fsp3) is 0.294. The Labute approximate surface area is 115 Å². The van der Waals surface area contributed by atoms with Crippen molar-refractivity contribution in [2.24, 2.45) is 0 Å². The first-order valence-corrected chi connectivity index (χ1v) is 7.09. The first-order chi connectivity index (χ1) is 9.40. The fourth-order valence-corrected chi connectivity index (χ4v) is 2.67. The molecular formula is C17H20N2. The number of hydrazine groups is 1. The minimum atomic E-state index is 0.989. The topological polar surface area (TPSA) is 15.3 Å². The van der Waals surface area contributed by atoms with Gasteiger partial charge in [-0.2, -0.15) is 0 Å². The zero-order valence-electron chi connectivity index (χ0n) is 11.4. The van der Waals surface area contributed by atoms with E-state index in [0.29, 0.717) is 0 Å². The molecule has 0 radical (unpaired) electrons. The minimum absolute atomic E-state index is 0.989. The van der Waals surface area contributed by atoms with Crippen LogP contribution in [0.3, 0.4) is 0 Å². The lowest BCUT2D eigenvalue weighted by Gasteiger charge is -2.27. The van der Waals surface area contributed by atoms with Gasteiger partial charge in [-0.15, -0.1) is 0 Å². The van der Waals surface area contributed by atoms with Gasteiger partial charge in [0.05, 0.1) is 11.4 Å². The maximum Gasteiger partial charge on any atom is 0.0609 e. The van der Waals surface area contributed by atoms with Gasteiger partial charge in [0, 0.05) is 6.54 Å². The monoisotopic (exact) mass is 252 g/mol. The standard InChI is InChI=1S/C17H20N2/c1-2-13-18-19-16-9-5-3-7-14(16)11-12-15-8-4-6-10-17(15)19/h3-10,18H,2,11-13H2,1H3. The average Bonchev–Trinajstić information content (AvgIpc) is 2.62. The molecule has 0 bridgehead atoms. The van der Waals surface area contributed by atoms with Crippen molar-refractivity contribution in [3.63, 3.8) is 0 Å². The summed E-state index contributed by atoms with van der Waals surface area (Å²) in [6.45, 7) is 3.19. The average molecular weight is 252 g/mol. The molecule has 0 amide bonds. The van der Waals surface area contributed by atoms with Gasteiger partial charge in [0.15, 0.2) is 0 Å². The number of hydrogen-bond acceptors (Lipinski definition) is 2. The minimum Gasteiger partial charge on any atom is -0.276 e. The van der Waals surface area contributed by atoms with E-state index in [1.807, 2.05) is 0 Å². The molecule has 0 aliphatic carbocycles. The maximum absolute atomic E-state index is 3.56. The maximum atomic E-state index is 3.56. The van der Waals surface area contributed by atoms with E-state index in [9.17, 15) is 0 Å². The summed E-state index contributed by atoms with van der Waals surface area (Å²) in [7, 11) is 0. The van der Waals surface area contributed by atoms with Crippen molar-refractivity contribution >= 4 is 11.4 Å². The Bertz CT molecular complexity index is 515. The Morgan fingerprint density at radius 1 is 0.895 bits per heavy atom. The molecule has 0 fully saturated rings. The summed E-state index contributed by atoms with van der Waals surface area (Å²) in [5.41, 5.74) is 8.98. The van der Waals surface area contributed by atoms with E-state index >= 15 is 0 Å². The Balaban J connectivity index is 2.08. The van der Waals surface area contributed by atoms with Crippen molar-refractivity contribution in [3.05, 3.63) is 59.7 Å². The van der Waals surface area contributed by atoms with E-state index in [2.05, 4.69) is 65.9 Å². The molecule has 1 heterocycles. The summed E-state index contributed by atoms with van der Waals surface area (Å²) in [4.78, 5) is 0. The van der Waals surface area contributed by atoms with E-state index < -0.39 is 0 Å². The second kappa shape index (κ2) is 5.45. The second-order valence-electron chi connectivity index (χ2n) is 5.00.